The molecule has 0 spiro atoms. The van der Waals surface area contributed by atoms with Crippen LogP contribution in [0.5, 0.6) is 0 Å². The van der Waals surface area contributed by atoms with E-state index in [-0.39, 0.29) is 11.3 Å². The Balaban J connectivity index is 1.56. The lowest BCUT2D eigenvalue weighted by atomic mass is 9.90. The molecule has 2 heterocycles. The molecule has 1 amide bonds. The van der Waals surface area contributed by atoms with Crippen LogP contribution in [0.4, 0.5) is 0 Å². The Kier molecular flexibility index (Phi) is 5.97. The quantitative estimate of drug-likeness (QED) is 0.781. The molecule has 0 saturated carbocycles. The van der Waals surface area contributed by atoms with Gasteiger partial charge in [0.1, 0.15) is 0 Å². The number of aromatic nitrogens is 2. The number of nitrogens with one attached hydrogen (secondary N) is 1. The number of aryl methyl sites for hydroxylation is 1. The summed E-state index contributed by atoms with van der Waals surface area (Å²) < 4.78 is 2.01. The molecule has 3 N–H and O–H groups in total. The number of amides is 1. The molecule has 1 aliphatic heterocycles. The number of nitrogens with zero attached hydrogens (tertiary/aromatic N) is 3. The van der Waals surface area contributed by atoms with Crippen molar-refractivity contribution >= 4 is 5.91 Å². The standard InChI is InChI=1S/C21H31N5O/c1-16-19(17(2)26(24-16)12-18-7-5-4-6-8-18)11-23-20(27)13-25-10-9-21(3,14-22)15-25/h4-8H,9-15,22H2,1-3H3,(H,23,27). The van der Waals surface area contributed by atoms with E-state index in [4.69, 9.17) is 5.73 Å². The number of likely N-dealkylation sites (tertiary alicyclic amines) is 1. The first-order valence-corrected chi connectivity index (χ1v) is 9.66. The minimum Gasteiger partial charge on any atom is -0.351 e. The molecule has 27 heavy (non-hydrogen) atoms. The molecule has 1 unspecified atom stereocenters. The van der Waals surface area contributed by atoms with Crippen LogP contribution in [-0.2, 0) is 17.9 Å². The normalized spacial score (nSPS) is 20.1. The second-order valence-electron chi connectivity index (χ2n) is 8.04. The highest BCUT2D eigenvalue weighted by atomic mass is 16.2. The Morgan fingerprint density at radius 1 is 1.30 bits per heavy atom. The number of hydrogen-bond donors (Lipinski definition) is 2. The molecule has 3 rings (SSSR count). The SMILES string of the molecule is Cc1nn(Cc2ccccc2)c(C)c1CNC(=O)CN1CCC(C)(CN)C1. The summed E-state index contributed by atoms with van der Waals surface area (Å²) in [6.07, 6.45) is 1.06. The van der Waals surface area contributed by atoms with Crippen molar-refractivity contribution in [3.63, 3.8) is 0 Å². The van der Waals surface area contributed by atoms with E-state index >= 15 is 0 Å². The lowest BCUT2D eigenvalue weighted by Crippen LogP contribution is -2.38. The third kappa shape index (κ3) is 4.76. The van der Waals surface area contributed by atoms with E-state index < -0.39 is 0 Å². The van der Waals surface area contributed by atoms with Crippen LogP contribution in [0.2, 0.25) is 0 Å². The lowest BCUT2D eigenvalue weighted by molar-refractivity contribution is -0.122. The zero-order valence-corrected chi connectivity index (χ0v) is 16.7. The summed E-state index contributed by atoms with van der Waals surface area (Å²) in [5, 5.41) is 7.72. The van der Waals surface area contributed by atoms with Gasteiger partial charge in [0.25, 0.3) is 0 Å². The highest BCUT2D eigenvalue weighted by Crippen LogP contribution is 2.28. The first-order chi connectivity index (χ1) is 12.9. The third-order valence-corrected chi connectivity index (χ3v) is 5.67. The average Bonchev–Trinajstić information content (AvgIpc) is 3.15. The van der Waals surface area contributed by atoms with Crippen LogP contribution in [0.3, 0.4) is 0 Å². The highest BCUT2D eigenvalue weighted by molar-refractivity contribution is 5.78. The summed E-state index contributed by atoms with van der Waals surface area (Å²) in [6, 6.07) is 10.3. The summed E-state index contributed by atoms with van der Waals surface area (Å²) in [5.74, 6) is 0.0610. The number of rotatable bonds is 7. The maximum absolute atomic E-state index is 12.4. The van der Waals surface area contributed by atoms with Gasteiger partial charge in [0.2, 0.25) is 5.91 Å². The molecule has 1 saturated heterocycles. The number of carbonyl (C=O) groups excluding carboxylic acids is 1. The van der Waals surface area contributed by atoms with Crippen molar-refractivity contribution in [2.24, 2.45) is 11.1 Å². The number of carbonyl (C=O) groups is 1. The Morgan fingerprint density at radius 3 is 2.70 bits per heavy atom. The van der Waals surface area contributed by atoms with Gasteiger partial charge in [-0.2, -0.15) is 5.10 Å². The van der Waals surface area contributed by atoms with Gasteiger partial charge >= 0.3 is 0 Å². The molecular formula is C21H31N5O. The van der Waals surface area contributed by atoms with E-state index in [2.05, 4.69) is 41.3 Å². The number of benzene rings is 1. The zero-order valence-electron chi connectivity index (χ0n) is 16.7. The van der Waals surface area contributed by atoms with Crippen molar-refractivity contribution in [3.8, 4) is 0 Å². The van der Waals surface area contributed by atoms with Crippen molar-refractivity contribution in [2.75, 3.05) is 26.2 Å². The summed E-state index contributed by atoms with van der Waals surface area (Å²) in [4.78, 5) is 14.6. The van der Waals surface area contributed by atoms with Gasteiger partial charge in [-0.15, -0.1) is 0 Å². The third-order valence-electron chi connectivity index (χ3n) is 5.67. The van der Waals surface area contributed by atoms with Crippen molar-refractivity contribution < 1.29 is 4.79 Å². The molecule has 1 aromatic heterocycles. The largest absolute Gasteiger partial charge is 0.351 e. The smallest absolute Gasteiger partial charge is 0.234 e. The predicted octanol–water partition coefficient (Wildman–Crippen LogP) is 1.84. The second-order valence-corrected chi connectivity index (χ2v) is 8.04. The molecule has 1 fully saturated rings. The molecule has 1 aliphatic rings. The van der Waals surface area contributed by atoms with Crippen LogP contribution in [0.15, 0.2) is 30.3 Å². The van der Waals surface area contributed by atoms with E-state index in [1.54, 1.807) is 0 Å². The van der Waals surface area contributed by atoms with E-state index in [1.165, 1.54) is 5.56 Å². The first kappa shape index (κ1) is 19.6. The molecule has 0 radical (unpaired) electrons. The van der Waals surface area contributed by atoms with Gasteiger partial charge in [-0.05, 0) is 44.3 Å². The van der Waals surface area contributed by atoms with Gasteiger partial charge in [0.05, 0.1) is 18.8 Å². The molecule has 1 aromatic carbocycles. The maximum Gasteiger partial charge on any atom is 0.234 e. The van der Waals surface area contributed by atoms with Gasteiger partial charge in [0.15, 0.2) is 0 Å². The van der Waals surface area contributed by atoms with Gasteiger partial charge < -0.3 is 11.1 Å². The minimum atomic E-state index is 0.0610. The van der Waals surface area contributed by atoms with Crippen molar-refractivity contribution in [1.82, 2.24) is 20.0 Å². The van der Waals surface area contributed by atoms with Crippen LogP contribution in [-0.4, -0.2) is 46.8 Å². The second kappa shape index (κ2) is 8.23. The van der Waals surface area contributed by atoms with E-state index in [9.17, 15) is 4.79 Å². The van der Waals surface area contributed by atoms with E-state index in [0.717, 1.165) is 43.0 Å². The van der Waals surface area contributed by atoms with E-state index in [1.807, 2.05) is 29.8 Å². The molecule has 6 nitrogen and oxygen atoms in total. The van der Waals surface area contributed by atoms with Crippen molar-refractivity contribution in [3.05, 3.63) is 52.8 Å². The predicted molar refractivity (Wildman–Crippen MR) is 107 cm³/mol. The molecule has 146 valence electrons. The first-order valence-electron chi connectivity index (χ1n) is 9.66. The Hall–Kier alpha value is -2.18. The molecule has 1 atom stereocenters. The van der Waals surface area contributed by atoms with Gasteiger partial charge in [0, 0.05) is 24.3 Å². The number of nitrogens with two attached hydrogens (primary N) is 1. The van der Waals surface area contributed by atoms with Crippen LogP contribution in [0.1, 0.15) is 35.9 Å². The monoisotopic (exact) mass is 369 g/mol. The summed E-state index contributed by atoms with van der Waals surface area (Å²) in [6.45, 7) is 10.5. The van der Waals surface area contributed by atoms with Gasteiger partial charge in [-0.25, -0.2) is 0 Å². The fourth-order valence-electron chi connectivity index (χ4n) is 3.77. The van der Waals surface area contributed by atoms with Crippen molar-refractivity contribution in [1.29, 1.82) is 0 Å². The Bertz CT molecular complexity index is 785. The van der Waals surface area contributed by atoms with E-state index in [0.29, 0.717) is 19.6 Å². The summed E-state index contributed by atoms with van der Waals surface area (Å²) >= 11 is 0. The minimum absolute atomic E-state index is 0.0610. The summed E-state index contributed by atoms with van der Waals surface area (Å²) in [7, 11) is 0. The molecule has 0 bridgehead atoms. The van der Waals surface area contributed by atoms with Crippen molar-refractivity contribution in [2.45, 2.75) is 40.3 Å². The molecule has 6 heteroatoms. The van der Waals surface area contributed by atoms with Crippen LogP contribution < -0.4 is 11.1 Å². The molecule has 0 aliphatic carbocycles. The van der Waals surface area contributed by atoms with Crippen LogP contribution >= 0.6 is 0 Å². The highest BCUT2D eigenvalue weighted by Gasteiger charge is 2.33. The lowest BCUT2D eigenvalue weighted by Gasteiger charge is -2.22. The Morgan fingerprint density at radius 2 is 2.04 bits per heavy atom. The topological polar surface area (TPSA) is 76.2 Å². The zero-order chi connectivity index (χ0) is 19.4. The van der Waals surface area contributed by atoms with Gasteiger partial charge in [-0.3, -0.25) is 14.4 Å². The molecule has 2 aromatic rings. The number of hydrogen-bond acceptors (Lipinski definition) is 4. The van der Waals surface area contributed by atoms with Crippen LogP contribution in [0.25, 0.3) is 0 Å². The average molecular weight is 370 g/mol. The van der Waals surface area contributed by atoms with Crippen LogP contribution in [0, 0.1) is 19.3 Å². The Labute approximate surface area is 161 Å². The molecular weight excluding hydrogens is 338 g/mol. The summed E-state index contributed by atoms with van der Waals surface area (Å²) in [5.41, 5.74) is 10.4. The van der Waals surface area contributed by atoms with Gasteiger partial charge in [-0.1, -0.05) is 37.3 Å². The fourth-order valence-corrected chi connectivity index (χ4v) is 3.77. The maximum atomic E-state index is 12.4. The fraction of sp³-hybridized carbons (Fsp3) is 0.524.